The Bertz CT molecular complexity index is 231. The highest BCUT2D eigenvalue weighted by Gasteiger charge is 2.27. The van der Waals surface area contributed by atoms with E-state index >= 15 is 0 Å². The van der Waals surface area contributed by atoms with Crippen molar-refractivity contribution >= 4 is 18.3 Å². The maximum Gasteiger partial charge on any atom is 0.239 e. The average molecular weight is 248 g/mol. The lowest BCUT2D eigenvalue weighted by Crippen LogP contribution is -2.44. The lowest BCUT2D eigenvalue weighted by atomic mass is 10.2. The number of carbonyl (C=O) groups excluding carboxylic acids is 1. The van der Waals surface area contributed by atoms with Crippen LogP contribution in [0.1, 0.15) is 19.3 Å². The van der Waals surface area contributed by atoms with Gasteiger partial charge < -0.3 is 15.1 Å². The second-order valence-corrected chi connectivity index (χ2v) is 4.63. The van der Waals surface area contributed by atoms with Gasteiger partial charge in [0.25, 0.3) is 0 Å². The highest BCUT2D eigenvalue weighted by Crippen LogP contribution is 2.10. The van der Waals surface area contributed by atoms with Crippen molar-refractivity contribution in [3.05, 3.63) is 0 Å². The maximum absolute atomic E-state index is 12.1. The van der Waals surface area contributed by atoms with Gasteiger partial charge in [0.15, 0.2) is 0 Å². The Labute approximate surface area is 104 Å². The summed E-state index contributed by atoms with van der Waals surface area (Å²) >= 11 is 0. The van der Waals surface area contributed by atoms with Gasteiger partial charge in [-0.2, -0.15) is 0 Å². The number of halogens is 1. The molecule has 0 radical (unpaired) electrons. The summed E-state index contributed by atoms with van der Waals surface area (Å²) in [6, 6.07) is 0.105. The van der Waals surface area contributed by atoms with E-state index in [0.717, 1.165) is 52.0 Å². The summed E-state index contributed by atoms with van der Waals surface area (Å²) < 4.78 is 0. The zero-order valence-corrected chi connectivity index (χ0v) is 10.8. The molecule has 2 heterocycles. The topological polar surface area (TPSA) is 35.6 Å². The zero-order valence-electron chi connectivity index (χ0n) is 9.95. The number of hydrogen-bond donors (Lipinski definition) is 1. The second kappa shape index (κ2) is 6.42. The molecule has 0 aliphatic carbocycles. The first kappa shape index (κ1) is 13.7. The van der Waals surface area contributed by atoms with Crippen molar-refractivity contribution in [2.45, 2.75) is 25.3 Å². The van der Waals surface area contributed by atoms with Crippen LogP contribution in [0.15, 0.2) is 0 Å². The molecule has 2 saturated heterocycles. The molecule has 1 amide bonds. The van der Waals surface area contributed by atoms with E-state index in [0.29, 0.717) is 5.91 Å². The summed E-state index contributed by atoms with van der Waals surface area (Å²) in [7, 11) is 2.13. The number of nitrogens with one attached hydrogen (secondary N) is 1. The molecule has 94 valence electrons. The fourth-order valence-corrected chi connectivity index (χ4v) is 2.38. The lowest BCUT2D eigenvalue weighted by Gasteiger charge is -2.23. The molecule has 16 heavy (non-hydrogen) atoms. The van der Waals surface area contributed by atoms with Crippen LogP contribution in [0.4, 0.5) is 0 Å². The van der Waals surface area contributed by atoms with Crippen molar-refractivity contribution in [1.82, 2.24) is 15.1 Å². The van der Waals surface area contributed by atoms with Crippen LogP contribution in [-0.2, 0) is 4.79 Å². The minimum absolute atomic E-state index is 0. The van der Waals surface area contributed by atoms with E-state index in [2.05, 4.69) is 17.3 Å². The summed E-state index contributed by atoms with van der Waals surface area (Å²) in [5, 5.41) is 3.28. The zero-order chi connectivity index (χ0) is 10.7. The van der Waals surface area contributed by atoms with Gasteiger partial charge in [-0.15, -0.1) is 12.4 Å². The molecule has 2 aliphatic rings. The Morgan fingerprint density at radius 2 is 2.00 bits per heavy atom. The number of hydrogen-bond acceptors (Lipinski definition) is 3. The van der Waals surface area contributed by atoms with Gasteiger partial charge in [-0.25, -0.2) is 0 Å². The number of rotatable bonds is 1. The molecule has 2 fully saturated rings. The number of carbonyl (C=O) groups is 1. The van der Waals surface area contributed by atoms with Crippen LogP contribution in [0.2, 0.25) is 0 Å². The number of nitrogens with zero attached hydrogens (tertiary/aromatic N) is 2. The van der Waals surface area contributed by atoms with Crippen LogP contribution in [0.3, 0.4) is 0 Å². The van der Waals surface area contributed by atoms with Crippen LogP contribution in [0.25, 0.3) is 0 Å². The Kier molecular flexibility index (Phi) is 5.52. The Balaban J connectivity index is 0.00000128. The molecule has 4 nitrogen and oxygen atoms in total. The maximum atomic E-state index is 12.1. The molecule has 0 aromatic heterocycles. The van der Waals surface area contributed by atoms with Crippen molar-refractivity contribution < 1.29 is 4.79 Å². The average Bonchev–Trinajstić information content (AvgIpc) is 2.67. The van der Waals surface area contributed by atoms with E-state index in [1.54, 1.807) is 0 Å². The highest BCUT2D eigenvalue weighted by molar-refractivity contribution is 5.85. The first-order valence-electron chi connectivity index (χ1n) is 5.98. The monoisotopic (exact) mass is 247 g/mol. The van der Waals surface area contributed by atoms with Crippen molar-refractivity contribution in [3.8, 4) is 0 Å². The molecule has 1 atom stereocenters. The van der Waals surface area contributed by atoms with Gasteiger partial charge in [0, 0.05) is 19.6 Å². The Hall–Kier alpha value is -0.320. The SMILES string of the molecule is CN1CCCN(C(=O)[C@@H]2CCCN2)CC1.Cl. The quantitative estimate of drug-likeness (QED) is 0.725. The molecule has 5 heteroatoms. The number of amides is 1. The van der Waals surface area contributed by atoms with Crippen LogP contribution < -0.4 is 5.32 Å². The third kappa shape index (κ3) is 3.34. The van der Waals surface area contributed by atoms with E-state index in [1.807, 2.05) is 4.90 Å². The van der Waals surface area contributed by atoms with Gasteiger partial charge in [-0.3, -0.25) is 4.79 Å². The van der Waals surface area contributed by atoms with Gasteiger partial charge >= 0.3 is 0 Å². The van der Waals surface area contributed by atoms with E-state index < -0.39 is 0 Å². The first-order chi connectivity index (χ1) is 7.27. The molecular formula is C11H22ClN3O. The molecule has 0 aromatic carbocycles. The second-order valence-electron chi connectivity index (χ2n) is 4.63. The predicted molar refractivity (Wildman–Crippen MR) is 67.0 cm³/mol. The van der Waals surface area contributed by atoms with Gasteiger partial charge in [0.1, 0.15) is 0 Å². The minimum Gasteiger partial charge on any atom is -0.340 e. The molecule has 0 saturated carbocycles. The van der Waals surface area contributed by atoms with Crippen LogP contribution in [-0.4, -0.2) is 61.5 Å². The molecule has 1 N–H and O–H groups in total. The summed E-state index contributed by atoms with van der Waals surface area (Å²) in [6.07, 6.45) is 3.27. The fourth-order valence-electron chi connectivity index (χ4n) is 2.38. The van der Waals surface area contributed by atoms with Gasteiger partial charge in [0.05, 0.1) is 6.04 Å². The Morgan fingerprint density at radius 1 is 1.19 bits per heavy atom. The fraction of sp³-hybridized carbons (Fsp3) is 0.909. The largest absolute Gasteiger partial charge is 0.340 e. The molecule has 0 unspecified atom stereocenters. The normalized spacial score (nSPS) is 27.3. The molecule has 2 rings (SSSR count). The van der Waals surface area contributed by atoms with Gasteiger partial charge in [0.2, 0.25) is 5.91 Å². The summed E-state index contributed by atoms with van der Waals surface area (Å²) in [6.45, 7) is 4.96. The van der Waals surface area contributed by atoms with Crippen LogP contribution >= 0.6 is 12.4 Å². The molecule has 0 bridgehead atoms. The van der Waals surface area contributed by atoms with E-state index in [4.69, 9.17) is 0 Å². The molecule has 0 spiro atoms. The van der Waals surface area contributed by atoms with Crippen LogP contribution in [0, 0.1) is 0 Å². The van der Waals surface area contributed by atoms with Gasteiger partial charge in [-0.05, 0) is 39.4 Å². The Morgan fingerprint density at radius 3 is 2.69 bits per heavy atom. The molecular weight excluding hydrogens is 226 g/mol. The standard InChI is InChI=1S/C11H21N3O.ClH/c1-13-6-3-7-14(9-8-13)11(15)10-4-2-5-12-10;/h10,12H,2-9H2,1H3;1H/t10-;/m0./s1. The van der Waals surface area contributed by atoms with Crippen LogP contribution in [0.5, 0.6) is 0 Å². The summed E-state index contributed by atoms with van der Waals surface area (Å²) in [5.74, 6) is 0.322. The molecule has 0 aromatic rings. The van der Waals surface area contributed by atoms with Crippen molar-refractivity contribution in [2.75, 3.05) is 39.8 Å². The highest BCUT2D eigenvalue weighted by atomic mass is 35.5. The molecule has 2 aliphatic heterocycles. The van der Waals surface area contributed by atoms with Crippen molar-refractivity contribution in [2.24, 2.45) is 0 Å². The summed E-state index contributed by atoms with van der Waals surface area (Å²) in [4.78, 5) is 16.4. The third-order valence-corrected chi connectivity index (χ3v) is 3.39. The van der Waals surface area contributed by atoms with E-state index in [1.165, 1.54) is 0 Å². The van der Waals surface area contributed by atoms with Crippen molar-refractivity contribution in [1.29, 1.82) is 0 Å². The first-order valence-corrected chi connectivity index (χ1v) is 5.98. The summed E-state index contributed by atoms with van der Waals surface area (Å²) in [5.41, 5.74) is 0. The predicted octanol–water partition coefficient (Wildman–Crippen LogP) is 0.324. The lowest BCUT2D eigenvalue weighted by molar-refractivity contribution is -0.132. The van der Waals surface area contributed by atoms with Crippen molar-refractivity contribution in [3.63, 3.8) is 0 Å². The minimum atomic E-state index is 0. The number of likely N-dealkylation sites (N-methyl/N-ethyl adjacent to an activating group) is 1. The smallest absolute Gasteiger partial charge is 0.239 e. The van der Waals surface area contributed by atoms with E-state index in [-0.39, 0.29) is 18.4 Å². The van der Waals surface area contributed by atoms with Gasteiger partial charge in [-0.1, -0.05) is 0 Å². The third-order valence-electron chi connectivity index (χ3n) is 3.39. The van der Waals surface area contributed by atoms with E-state index in [9.17, 15) is 4.79 Å².